The smallest absolute Gasteiger partial charge is 0.235 e. The molecule has 0 heterocycles. The number of aliphatic imine (C=N–C) groups is 1. The number of benzene rings is 2. The standard InChI is InChI=1S/C15H11ClFNO2/c16-13-6-12(8-18-10-19)7-14(17)15(13)20-9-11-4-2-1-3-5-11/h1-7H,8-9H2. The van der Waals surface area contributed by atoms with Gasteiger partial charge in [0.25, 0.3) is 0 Å². The lowest BCUT2D eigenvalue weighted by Gasteiger charge is -2.10. The SMILES string of the molecule is O=C=NCc1cc(F)c(OCc2ccccc2)c(Cl)c1. The van der Waals surface area contributed by atoms with Gasteiger partial charge < -0.3 is 4.74 Å². The van der Waals surface area contributed by atoms with E-state index in [9.17, 15) is 9.18 Å². The fourth-order valence-corrected chi connectivity index (χ4v) is 1.98. The van der Waals surface area contributed by atoms with Crippen molar-refractivity contribution in [1.82, 2.24) is 0 Å². The third-order valence-electron chi connectivity index (χ3n) is 2.61. The van der Waals surface area contributed by atoms with Gasteiger partial charge in [-0.3, -0.25) is 0 Å². The Balaban J connectivity index is 2.14. The molecule has 0 amide bonds. The monoisotopic (exact) mass is 291 g/mol. The minimum atomic E-state index is -0.579. The van der Waals surface area contributed by atoms with Gasteiger partial charge in [0.15, 0.2) is 11.6 Å². The molecule has 0 aliphatic rings. The third-order valence-corrected chi connectivity index (χ3v) is 2.89. The normalized spacial score (nSPS) is 9.90. The van der Waals surface area contributed by atoms with E-state index in [1.807, 2.05) is 30.3 Å². The van der Waals surface area contributed by atoms with E-state index < -0.39 is 5.82 Å². The van der Waals surface area contributed by atoms with E-state index in [1.165, 1.54) is 18.2 Å². The van der Waals surface area contributed by atoms with Crippen LogP contribution in [0, 0.1) is 5.82 Å². The molecule has 0 N–H and O–H groups in total. The second-order valence-electron chi connectivity index (χ2n) is 4.07. The zero-order valence-corrected chi connectivity index (χ0v) is 11.2. The van der Waals surface area contributed by atoms with Gasteiger partial charge in [0.2, 0.25) is 6.08 Å². The molecular formula is C15H11ClFNO2. The molecule has 0 bridgehead atoms. The summed E-state index contributed by atoms with van der Waals surface area (Å²) in [6, 6.07) is 12.1. The molecule has 0 spiro atoms. The van der Waals surface area contributed by atoms with Crippen LogP contribution in [-0.4, -0.2) is 6.08 Å². The number of isocyanates is 1. The molecule has 0 aliphatic carbocycles. The van der Waals surface area contributed by atoms with Gasteiger partial charge in [-0.1, -0.05) is 41.9 Å². The van der Waals surface area contributed by atoms with Crippen LogP contribution in [0.15, 0.2) is 47.5 Å². The maximum Gasteiger partial charge on any atom is 0.235 e. The van der Waals surface area contributed by atoms with Crippen molar-refractivity contribution in [3.63, 3.8) is 0 Å². The molecule has 2 rings (SSSR count). The van der Waals surface area contributed by atoms with Crippen molar-refractivity contribution in [1.29, 1.82) is 0 Å². The fourth-order valence-electron chi connectivity index (χ4n) is 1.69. The topological polar surface area (TPSA) is 38.7 Å². The first-order valence-corrected chi connectivity index (χ1v) is 6.27. The van der Waals surface area contributed by atoms with E-state index in [0.717, 1.165) is 5.56 Å². The number of hydrogen-bond donors (Lipinski definition) is 0. The Hall–Kier alpha value is -2.16. The predicted molar refractivity (Wildman–Crippen MR) is 74.0 cm³/mol. The van der Waals surface area contributed by atoms with Gasteiger partial charge in [-0.05, 0) is 23.3 Å². The summed E-state index contributed by atoms with van der Waals surface area (Å²) in [7, 11) is 0. The van der Waals surface area contributed by atoms with Crippen LogP contribution in [0.1, 0.15) is 11.1 Å². The van der Waals surface area contributed by atoms with Gasteiger partial charge in [0.05, 0.1) is 11.6 Å². The van der Waals surface area contributed by atoms with Crippen molar-refractivity contribution in [3.05, 3.63) is 64.4 Å². The maximum absolute atomic E-state index is 13.9. The quantitative estimate of drug-likeness (QED) is 0.619. The second kappa shape index (κ2) is 6.85. The zero-order chi connectivity index (χ0) is 14.4. The van der Waals surface area contributed by atoms with Crippen LogP contribution >= 0.6 is 11.6 Å². The molecule has 5 heteroatoms. The van der Waals surface area contributed by atoms with Crippen LogP contribution in [0.3, 0.4) is 0 Å². The first-order chi connectivity index (χ1) is 9.70. The molecule has 0 fully saturated rings. The highest BCUT2D eigenvalue weighted by Crippen LogP contribution is 2.30. The van der Waals surface area contributed by atoms with Gasteiger partial charge >= 0.3 is 0 Å². The second-order valence-corrected chi connectivity index (χ2v) is 4.48. The van der Waals surface area contributed by atoms with Gasteiger partial charge in [0.1, 0.15) is 6.61 Å². The summed E-state index contributed by atoms with van der Waals surface area (Å²) in [5, 5.41) is 0.150. The van der Waals surface area contributed by atoms with Gasteiger partial charge in [-0.25, -0.2) is 14.2 Å². The minimum Gasteiger partial charge on any atom is -0.484 e. The zero-order valence-electron chi connectivity index (χ0n) is 10.5. The Labute approximate surface area is 120 Å². The van der Waals surface area contributed by atoms with E-state index in [2.05, 4.69) is 4.99 Å². The average Bonchev–Trinajstić information content (AvgIpc) is 2.45. The number of carbonyl (C=O) groups excluding carboxylic acids is 1. The van der Waals surface area contributed by atoms with Crippen molar-refractivity contribution in [3.8, 4) is 5.75 Å². The van der Waals surface area contributed by atoms with Crippen molar-refractivity contribution >= 4 is 17.7 Å². The summed E-state index contributed by atoms with van der Waals surface area (Å²) in [5.41, 5.74) is 1.40. The summed E-state index contributed by atoms with van der Waals surface area (Å²) in [4.78, 5) is 13.4. The highest BCUT2D eigenvalue weighted by Gasteiger charge is 2.11. The van der Waals surface area contributed by atoms with Crippen LogP contribution < -0.4 is 4.74 Å². The van der Waals surface area contributed by atoms with Crippen LogP contribution in [0.2, 0.25) is 5.02 Å². The average molecular weight is 292 g/mol. The first-order valence-electron chi connectivity index (χ1n) is 5.89. The molecule has 0 atom stereocenters. The summed E-state index contributed by atoms with van der Waals surface area (Å²) >= 11 is 5.97. The van der Waals surface area contributed by atoms with Crippen molar-refractivity contribution in [2.24, 2.45) is 4.99 Å². The number of hydrogen-bond acceptors (Lipinski definition) is 3. The molecule has 102 valence electrons. The summed E-state index contributed by atoms with van der Waals surface area (Å²) < 4.78 is 19.3. The summed E-state index contributed by atoms with van der Waals surface area (Å²) in [5.74, 6) is -0.584. The highest BCUT2D eigenvalue weighted by molar-refractivity contribution is 6.32. The first kappa shape index (κ1) is 14.3. The molecule has 3 nitrogen and oxygen atoms in total. The third kappa shape index (κ3) is 3.67. The maximum atomic E-state index is 13.9. The van der Waals surface area contributed by atoms with E-state index in [1.54, 1.807) is 0 Å². The Kier molecular flexibility index (Phi) is 4.88. The molecule has 2 aromatic carbocycles. The molecule has 0 saturated carbocycles. The van der Waals surface area contributed by atoms with Gasteiger partial charge in [0, 0.05) is 0 Å². The molecule has 0 aliphatic heterocycles. The molecule has 0 unspecified atom stereocenters. The van der Waals surface area contributed by atoms with E-state index in [-0.39, 0.29) is 23.9 Å². The Morgan fingerprint density at radius 1 is 1.20 bits per heavy atom. The highest BCUT2D eigenvalue weighted by atomic mass is 35.5. The minimum absolute atomic E-state index is 0.00523. The number of nitrogens with zero attached hydrogens (tertiary/aromatic N) is 1. The van der Waals surface area contributed by atoms with Crippen molar-refractivity contribution < 1.29 is 13.9 Å². The van der Waals surface area contributed by atoms with E-state index >= 15 is 0 Å². The lowest BCUT2D eigenvalue weighted by atomic mass is 10.2. The molecule has 0 aromatic heterocycles. The molecule has 0 saturated heterocycles. The predicted octanol–water partition coefficient (Wildman–Crippen LogP) is 3.89. The Morgan fingerprint density at radius 3 is 2.60 bits per heavy atom. The summed E-state index contributed by atoms with van der Waals surface area (Å²) in [6.45, 7) is 0.266. The lowest BCUT2D eigenvalue weighted by Crippen LogP contribution is -1.99. The fraction of sp³-hybridized carbons (Fsp3) is 0.133. The van der Waals surface area contributed by atoms with Crippen molar-refractivity contribution in [2.75, 3.05) is 0 Å². The molecule has 2 aromatic rings. The van der Waals surface area contributed by atoms with Crippen molar-refractivity contribution in [2.45, 2.75) is 13.2 Å². The van der Waals surface area contributed by atoms with Gasteiger partial charge in [-0.2, -0.15) is 0 Å². The molecule has 0 radical (unpaired) electrons. The Morgan fingerprint density at radius 2 is 1.95 bits per heavy atom. The molecular weight excluding hydrogens is 281 g/mol. The van der Waals surface area contributed by atoms with Crippen LogP contribution in [0.25, 0.3) is 0 Å². The summed E-state index contributed by atoms with van der Waals surface area (Å²) in [6.07, 6.45) is 1.39. The number of rotatable bonds is 5. The van der Waals surface area contributed by atoms with Crippen LogP contribution in [-0.2, 0) is 17.9 Å². The number of ether oxygens (including phenoxy) is 1. The largest absolute Gasteiger partial charge is 0.484 e. The molecule has 20 heavy (non-hydrogen) atoms. The van der Waals surface area contributed by atoms with Crippen LogP contribution in [0.5, 0.6) is 5.75 Å². The van der Waals surface area contributed by atoms with Crippen LogP contribution in [0.4, 0.5) is 4.39 Å². The van der Waals surface area contributed by atoms with E-state index in [0.29, 0.717) is 5.56 Å². The van der Waals surface area contributed by atoms with Gasteiger partial charge in [-0.15, -0.1) is 0 Å². The lowest BCUT2D eigenvalue weighted by molar-refractivity contribution is 0.290. The Bertz CT molecular complexity index is 617. The number of halogens is 2. The van der Waals surface area contributed by atoms with E-state index in [4.69, 9.17) is 16.3 Å².